The van der Waals surface area contributed by atoms with Crippen molar-refractivity contribution in [1.29, 1.82) is 0 Å². The van der Waals surface area contributed by atoms with Crippen LogP contribution in [0.3, 0.4) is 0 Å². The molecule has 2 N–H and O–H groups in total. The fraction of sp³-hybridized carbons (Fsp3) is 0.673. The molecule has 0 radical (unpaired) electrons. The van der Waals surface area contributed by atoms with Crippen LogP contribution in [0.1, 0.15) is 142 Å². The van der Waals surface area contributed by atoms with E-state index in [9.17, 15) is 24.0 Å². The maximum absolute atomic E-state index is 14.3. The molecule has 0 aromatic heterocycles. The fourth-order valence-corrected chi connectivity index (χ4v) is 8.72. The molecule has 1 saturated heterocycles. The van der Waals surface area contributed by atoms with Gasteiger partial charge in [0.2, 0.25) is 11.8 Å². The predicted molar refractivity (Wildman–Crippen MR) is 247 cm³/mol. The highest BCUT2D eigenvalue weighted by Crippen LogP contribution is 2.47. The molecular weight excluding hydrogens is 761 g/mol. The Labute approximate surface area is 369 Å². The van der Waals surface area contributed by atoms with Crippen LogP contribution in [0.4, 0.5) is 0 Å². The third-order valence-electron chi connectivity index (χ3n) is 13.0. The van der Waals surface area contributed by atoms with Crippen molar-refractivity contribution in [3.05, 3.63) is 71.8 Å². The van der Waals surface area contributed by atoms with Crippen LogP contribution < -0.4 is 10.6 Å². The van der Waals surface area contributed by atoms with E-state index in [1.54, 1.807) is 0 Å². The van der Waals surface area contributed by atoms with Crippen LogP contribution in [0.25, 0.3) is 0 Å². The summed E-state index contributed by atoms with van der Waals surface area (Å²) in [6.07, 6.45) is 12.5. The highest BCUT2D eigenvalue weighted by molar-refractivity contribution is 5.97. The molecule has 2 amide bonds. The van der Waals surface area contributed by atoms with Crippen molar-refractivity contribution in [1.82, 2.24) is 20.4 Å². The van der Waals surface area contributed by atoms with Gasteiger partial charge >= 0.3 is 0 Å². The number of rotatable bonds is 30. The van der Waals surface area contributed by atoms with E-state index >= 15 is 0 Å². The molecule has 1 aliphatic carbocycles. The predicted octanol–water partition coefficient (Wildman–Crippen LogP) is 8.81. The molecule has 1 saturated carbocycles. The lowest BCUT2D eigenvalue weighted by atomic mass is 9.87. The first-order chi connectivity index (χ1) is 29.2. The topological polar surface area (TPSA) is 116 Å². The number of Topliss-reactive ketones (excluding diaryl/α,β-unsaturated/α-hetero) is 3. The lowest BCUT2D eigenvalue weighted by molar-refractivity contribution is -0.135. The number of likely N-dealkylation sites (N-methyl/N-ethyl adjacent to an activating group) is 1. The molecule has 338 valence electrons. The summed E-state index contributed by atoms with van der Waals surface area (Å²) in [4.78, 5) is 74.7. The molecule has 9 heteroatoms. The Morgan fingerprint density at radius 1 is 0.639 bits per heavy atom. The van der Waals surface area contributed by atoms with Gasteiger partial charge in [0.05, 0.1) is 12.1 Å². The summed E-state index contributed by atoms with van der Waals surface area (Å²) < 4.78 is 0. The number of aryl methyl sites for hydroxylation is 1. The molecule has 2 aliphatic rings. The number of carbonyl (C=O) groups is 5. The van der Waals surface area contributed by atoms with Gasteiger partial charge in [-0.05, 0) is 94.3 Å². The molecule has 61 heavy (non-hydrogen) atoms. The van der Waals surface area contributed by atoms with Crippen molar-refractivity contribution in [3.8, 4) is 0 Å². The number of nitrogens with zero attached hydrogens (tertiary/aromatic N) is 2. The Morgan fingerprint density at radius 2 is 1.16 bits per heavy atom. The lowest BCUT2D eigenvalue weighted by Crippen LogP contribution is -2.49. The first-order valence-electron chi connectivity index (χ1n) is 23.9. The number of piperazine rings is 1. The van der Waals surface area contributed by atoms with Crippen molar-refractivity contribution >= 4 is 29.2 Å². The summed E-state index contributed by atoms with van der Waals surface area (Å²) in [6.45, 7) is 16.0. The van der Waals surface area contributed by atoms with Crippen LogP contribution in [0.15, 0.2) is 60.7 Å². The van der Waals surface area contributed by atoms with Gasteiger partial charge in [-0.2, -0.15) is 0 Å². The van der Waals surface area contributed by atoms with E-state index in [1.165, 1.54) is 45.3 Å². The van der Waals surface area contributed by atoms with Gasteiger partial charge < -0.3 is 20.4 Å². The molecule has 0 bridgehead atoms. The maximum atomic E-state index is 14.3. The number of amides is 2. The van der Waals surface area contributed by atoms with E-state index in [-0.39, 0.29) is 53.8 Å². The minimum absolute atomic E-state index is 0.0673. The lowest BCUT2D eigenvalue weighted by Gasteiger charge is -2.32. The molecule has 4 rings (SSSR count). The van der Waals surface area contributed by atoms with Gasteiger partial charge in [-0.25, -0.2) is 0 Å². The summed E-state index contributed by atoms with van der Waals surface area (Å²) in [5, 5.41) is 6.20. The number of hydrogen-bond donors (Lipinski definition) is 2. The summed E-state index contributed by atoms with van der Waals surface area (Å²) in [7, 11) is 2.19. The normalized spacial score (nSPS) is 17.4. The molecule has 0 unspecified atom stereocenters. The number of nitrogens with one attached hydrogen (secondary N) is 2. The largest absolute Gasteiger partial charge is 0.346 e. The van der Waals surface area contributed by atoms with Crippen molar-refractivity contribution in [2.24, 2.45) is 29.1 Å². The zero-order chi connectivity index (χ0) is 44.2. The number of ketones is 3. The minimum Gasteiger partial charge on any atom is -0.346 e. The quantitative estimate of drug-likeness (QED) is 0.0756. The third-order valence-corrected chi connectivity index (χ3v) is 13.0. The van der Waals surface area contributed by atoms with E-state index in [0.29, 0.717) is 38.5 Å². The zero-order valence-electron chi connectivity index (χ0n) is 38.7. The summed E-state index contributed by atoms with van der Waals surface area (Å²) >= 11 is 0. The first kappa shape index (κ1) is 50.0. The van der Waals surface area contributed by atoms with Gasteiger partial charge in [0.25, 0.3) is 0 Å². The first-order valence-corrected chi connectivity index (χ1v) is 23.9. The molecule has 2 fully saturated rings. The molecule has 0 spiro atoms. The Balaban J connectivity index is 1.36. The van der Waals surface area contributed by atoms with E-state index in [4.69, 9.17) is 0 Å². The number of carbonyl (C=O) groups excluding carboxylic acids is 5. The van der Waals surface area contributed by atoms with Gasteiger partial charge in [-0.3, -0.25) is 24.0 Å². The van der Waals surface area contributed by atoms with Crippen LogP contribution in [0.5, 0.6) is 0 Å². The van der Waals surface area contributed by atoms with Crippen LogP contribution in [0, 0.1) is 29.1 Å². The van der Waals surface area contributed by atoms with Gasteiger partial charge in [0, 0.05) is 62.7 Å². The van der Waals surface area contributed by atoms with Crippen LogP contribution in [-0.4, -0.2) is 90.8 Å². The zero-order valence-corrected chi connectivity index (χ0v) is 38.7. The van der Waals surface area contributed by atoms with Crippen LogP contribution in [-0.2, 0) is 36.8 Å². The van der Waals surface area contributed by atoms with Crippen LogP contribution >= 0.6 is 0 Å². The number of benzene rings is 2. The summed E-state index contributed by atoms with van der Waals surface area (Å²) in [6, 6.07) is 18.3. The smallest absolute Gasteiger partial charge is 0.224 e. The molecule has 4 atom stereocenters. The molecule has 1 aliphatic heterocycles. The average Bonchev–Trinajstić information content (AvgIpc) is 3.99. The minimum atomic E-state index is -0.798. The summed E-state index contributed by atoms with van der Waals surface area (Å²) in [5.74, 6) is -1.59. The Hall–Kier alpha value is -3.69. The van der Waals surface area contributed by atoms with Crippen LogP contribution in [0.2, 0.25) is 0 Å². The maximum Gasteiger partial charge on any atom is 0.224 e. The average molecular weight is 841 g/mol. The molecule has 9 nitrogen and oxygen atoms in total. The monoisotopic (exact) mass is 841 g/mol. The Kier molecular flexibility index (Phi) is 21.3. The highest BCUT2D eigenvalue weighted by atomic mass is 16.2. The van der Waals surface area contributed by atoms with E-state index < -0.39 is 29.3 Å². The van der Waals surface area contributed by atoms with E-state index in [0.717, 1.165) is 56.3 Å². The molecule has 2 aromatic carbocycles. The second-order valence-electron chi connectivity index (χ2n) is 19.7. The molecule has 1 heterocycles. The second-order valence-corrected chi connectivity index (χ2v) is 19.7. The second kappa shape index (κ2) is 26.1. The SMILES string of the molecule is CC(C)C[C@H](NC(=O)[C@H](CCc1ccccc1)CC(=O)CCCCCCCCCN1CCN(C)CC1)C(=O)C[C@@H](Cc1ccccc1)C(=O)N[C@@H](CC(C)C)C(=O)C1(C)CC1. The van der Waals surface area contributed by atoms with Crippen molar-refractivity contribution in [2.75, 3.05) is 39.8 Å². The molecule has 2 aromatic rings. The third kappa shape index (κ3) is 18.7. The number of unbranched alkanes of at least 4 members (excludes halogenated alkanes) is 6. The number of hydrogen-bond acceptors (Lipinski definition) is 7. The standard InChI is InChI=1S/C52H80N4O5/c1-39(2)34-46(48(58)38-44(36-42-22-16-13-17-23-42)51(61)54-47(35-40(3)4)49(59)52(5)27-28-52)53-50(60)43(26-25-41-20-14-12-15-21-41)37-45(57)24-18-10-8-7-9-11-19-29-56-32-30-55(6)31-33-56/h12-17,20-23,39-40,43-44,46-47H,7-11,18-19,24-38H2,1-6H3,(H,53,60)(H,54,61)/t43-,44-,46+,47+/m1/s1. The Morgan fingerprint density at radius 3 is 1.75 bits per heavy atom. The van der Waals surface area contributed by atoms with Gasteiger partial charge in [0.1, 0.15) is 5.78 Å². The van der Waals surface area contributed by atoms with Crippen molar-refractivity contribution < 1.29 is 24.0 Å². The van der Waals surface area contributed by atoms with Crippen molar-refractivity contribution in [3.63, 3.8) is 0 Å². The van der Waals surface area contributed by atoms with E-state index in [1.807, 2.05) is 95.3 Å². The van der Waals surface area contributed by atoms with Gasteiger partial charge in [-0.15, -0.1) is 0 Å². The summed E-state index contributed by atoms with van der Waals surface area (Å²) in [5.41, 5.74) is 1.63. The highest BCUT2D eigenvalue weighted by Gasteiger charge is 2.48. The van der Waals surface area contributed by atoms with E-state index in [2.05, 4.69) is 27.5 Å². The van der Waals surface area contributed by atoms with Gasteiger partial charge in [-0.1, -0.05) is 127 Å². The Bertz CT molecular complexity index is 1630. The molecular formula is C52H80N4O5. The fourth-order valence-electron chi connectivity index (χ4n) is 8.72. The van der Waals surface area contributed by atoms with Gasteiger partial charge in [0.15, 0.2) is 11.6 Å². The van der Waals surface area contributed by atoms with Crippen molar-refractivity contribution in [2.45, 2.75) is 156 Å².